The molecule has 2 aromatic rings. The molecule has 0 bridgehead atoms. The first-order valence-electron chi connectivity index (χ1n) is 9.28. The smallest absolute Gasteiger partial charge is 0.167 e. The molecule has 8 heteroatoms. The molecule has 0 aliphatic heterocycles. The van der Waals surface area contributed by atoms with Crippen LogP contribution in [0.3, 0.4) is 0 Å². The van der Waals surface area contributed by atoms with Crippen molar-refractivity contribution in [2.45, 2.75) is 65.1 Å². The van der Waals surface area contributed by atoms with Crippen LogP contribution in [-0.4, -0.2) is 52.7 Å². The summed E-state index contributed by atoms with van der Waals surface area (Å²) in [4.78, 5) is 13.3. The Morgan fingerprint density at radius 1 is 1.12 bits per heavy atom. The van der Waals surface area contributed by atoms with Gasteiger partial charge < -0.3 is 19.5 Å². The summed E-state index contributed by atoms with van der Waals surface area (Å²) in [6.45, 7) is 7.00. The lowest BCUT2D eigenvalue weighted by atomic mass is 10.2. The van der Waals surface area contributed by atoms with Gasteiger partial charge in [-0.2, -0.15) is 0 Å². The average Bonchev–Trinajstić information content (AvgIpc) is 3.07. The molecule has 2 aromatic heterocycles. The van der Waals surface area contributed by atoms with Crippen LogP contribution in [-0.2, 0) is 14.2 Å². The van der Waals surface area contributed by atoms with Gasteiger partial charge in [-0.25, -0.2) is 15.0 Å². The molecule has 0 saturated heterocycles. The normalized spacial score (nSPS) is 15.1. The van der Waals surface area contributed by atoms with Crippen molar-refractivity contribution >= 4 is 17.0 Å². The first-order valence-corrected chi connectivity index (χ1v) is 9.28. The summed E-state index contributed by atoms with van der Waals surface area (Å²) in [7, 11) is 3.30. The van der Waals surface area contributed by atoms with E-state index in [1.54, 1.807) is 26.9 Å². The topological polar surface area (TPSA) is 83.3 Å². The van der Waals surface area contributed by atoms with Gasteiger partial charge in [0.25, 0.3) is 0 Å². The van der Waals surface area contributed by atoms with Crippen molar-refractivity contribution in [2.75, 3.05) is 26.1 Å². The number of nitrogens with zero attached hydrogens (tertiary/aromatic N) is 4. The van der Waals surface area contributed by atoms with Crippen molar-refractivity contribution in [3.8, 4) is 0 Å². The maximum atomic E-state index is 6.02. The van der Waals surface area contributed by atoms with E-state index in [4.69, 9.17) is 14.2 Å². The number of aromatic nitrogens is 4. The van der Waals surface area contributed by atoms with Gasteiger partial charge in [0.05, 0.1) is 6.33 Å². The maximum Gasteiger partial charge on any atom is 0.167 e. The molecule has 3 unspecified atom stereocenters. The Labute approximate surface area is 155 Å². The Bertz CT molecular complexity index is 663. The summed E-state index contributed by atoms with van der Waals surface area (Å²) >= 11 is 0. The van der Waals surface area contributed by atoms with Crippen LogP contribution in [0.15, 0.2) is 12.7 Å². The molecule has 0 radical (unpaired) electrons. The lowest BCUT2D eigenvalue weighted by Gasteiger charge is -2.29. The third kappa shape index (κ3) is 4.90. The third-order valence-electron chi connectivity index (χ3n) is 4.29. The van der Waals surface area contributed by atoms with E-state index in [-0.39, 0.29) is 18.6 Å². The van der Waals surface area contributed by atoms with Gasteiger partial charge >= 0.3 is 0 Å². The average molecular weight is 365 g/mol. The van der Waals surface area contributed by atoms with Crippen molar-refractivity contribution in [3.05, 3.63) is 12.7 Å². The molecule has 0 aliphatic carbocycles. The number of unbranched alkanes of at least 4 members (excludes halogenated alkanes) is 1. The monoisotopic (exact) mass is 365 g/mol. The van der Waals surface area contributed by atoms with Gasteiger partial charge in [0.1, 0.15) is 12.4 Å². The molecular formula is C18H31N5O3. The van der Waals surface area contributed by atoms with E-state index in [1.165, 1.54) is 0 Å². The molecule has 2 heterocycles. The number of hydrogen-bond acceptors (Lipinski definition) is 7. The Balaban J connectivity index is 2.31. The molecule has 1 N–H and O–H groups in total. The van der Waals surface area contributed by atoms with Gasteiger partial charge in [0, 0.05) is 20.8 Å². The molecule has 2 rings (SSSR count). The van der Waals surface area contributed by atoms with Crippen molar-refractivity contribution in [1.82, 2.24) is 19.5 Å². The van der Waals surface area contributed by atoms with Gasteiger partial charge in [-0.15, -0.1) is 0 Å². The molecule has 0 spiro atoms. The second-order valence-corrected chi connectivity index (χ2v) is 6.22. The van der Waals surface area contributed by atoms with Gasteiger partial charge in [-0.1, -0.05) is 26.7 Å². The fourth-order valence-electron chi connectivity index (χ4n) is 2.86. The second kappa shape index (κ2) is 10.4. The molecule has 26 heavy (non-hydrogen) atoms. The molecule has 0 aliphatic rings. The van der Waals surface area contributed by atoms with Gasteiger partial charge in [-0.05, 0) is 19.8 Å². The van der Waals surface area contributed by atoms with E-state index in [2.05, 4.69) is 34.1 Å². The van der Waals surface area contributed by atoms with E-state index in [9.17, 15) is 0 Å². The van der Waals surface area contributed by atoms with Gasteiger partial charge in [0.2, 0.25) is 0 Å². The number of nitrogens with one attached hydrogen (secondary N) is 1. The molecule has 0 saturated carbocycles. The second-order valence-electron chi connectivity index (χ2n) is 6.22. The summed E-state index contributed by atoms with van der Waals surface area (Å²) in [5, 5.41) is 3.34. The Morgan fingerprint density at radius 3 is 2.58 bits per heavy atom. The number of hydrogen-bond donors (Lipinski definition) is 1. The highest BCUT2D eigenvalue weighted by Crippen LogP contribution is 2.27. The number of imidazole rings is 1. The van der Waals surface area contributed by atoms with Crippen LogP contribution >= 0.6 is 0 Å². The first-order chi connectivity index (χ1) is 12.7. The predicted octanol–water partition coefficient (Wildman–Crippen LogP) is 3.36. The van der Waals surface area contributed by atoms with Crippen molar-refractivity contribution in [2.24, 2.45) is 0 Å². The highest BCUT2D eigenvalue weighted by atomic mass is 16.7. The lowest BCUT2D eigenvalue weighted by Crippen LogP contribution is -2.32. The van der Waals surface area contributed by atoms with Gasteiger partial charge in [-0.3, -0.25) is 4.57 Å². The summed E-state index contributed by atoms with van der Waals surface area (Å²) < 4.78 is 19.0. The molecule has 0 fully saturated rings. The SMILES string of the molecule is CCCCNc1ncnc2c1ncn2C(OC)C(CCC)OC(C)OC. The third-order valence-corrected chi connectivity index (χ3v) is 4.29. The summed E-state index contributed by atoms with van der Waals surface area (Å²) in [5.74, 6) is 0.746. The minimum absolute atomic E-state index is 0.177. The zero-order chi connectivity index (χ0) is 18.9. The Kier molecular flexibility index (Phi) is 8.21. The molecule has 146 valence electrons. The quantitative estimate of drug-likeness (QED) is 0.456. The number of rotatable bonds is 12. The minimum atomic E-state index is -0.351. The van der Waals surface area contributed by atoms with E-state index < -0.39 is 0 Å². The van der Waals surface area contributed by atoms with Crippen LogP contribution in [0, 0.1) is 0 Å². The number of methoxy groups -OCH3 is 2. The van der Waals surface area contributed by atoms with Crippen molar-refractivity contribution in [1.29, 1.82) is 0 Å². The summed E-state index contributed by atoms with van der Waals surface area (Å²) in [5.41, 5.74) is 1.46. The Hall–Kier alpha value is -1.77. The fourth-order valence-corrected chi connectivity index (χ4v) is 2.86. The molecule has 0 aromatic carbocycles. The number of fused-ring (bicyclic) bond motifs is 1. The molecule has 3 atom stereocenters. The lowest BCUT2D eigenvalue weighted by molar-refractivity contribution is -0.191. The summed E-state index contributed by atoms with van der Waals surface area (Å²) in [6.07, 6.45) is 6.44. The summed E-state index contributed by atoms with van der Waals surface area (Å²) in [6, 6.07) is 0. The number of ether oxygens (including phenoxy) is 3. The van der Waals surface area contributed by atoms with Crippen LogP contribution in [0.5, 0.6) is 0 Å². The zero-order valence-electron chi connectivity index (χ0n) is 16.4. The van der Waals surface area contributed by atoms with E-state index in [0.29, 0.717) is 0 Å². The van der Waals surface area contributed by atoms with Gasteiger partial charge in [0.15, 0.2) is 29.5 Å². The van der Waals surface area contributed by atoms with Crippen molar-refractivity contribution < 1.29 is 14.2 Å². The van der Waals surface area contributed by atoms with Crippen LogP contribution < -0.4 is 5.32 Å². The number of anilines is 1. The Morgan fingerprint density at radius 2 is 1.92 bits per heavy atom. The van der Waals surface area contributed by atoms with Crippen LogP contribution in [0.4, 0.5) is 5.82 Å². The maximum absolute atomic E-state index is 6.02. The molecule has 8 nitrogen and oxygen atoms in total. The van der Waals surface area contributed by atoms with Crippen LogP contribution in [0.25, 0.3) is 11.2 Å². The van der Waals surface area contributed by atoms with Crippen molar-refractivity contribution in [3.63, 3.8) is 0 Å². The standard InChI is InChI=1S/C18H31N5O3/c1-6-8-10-19-16-15-17(21-11-20-16)23(12-22-15)18(25-5)14(9-7-2)26-13(3)24-4/h11-14,18H,6-10H2,1-5H3,(H,19,20,21). The molecule has 0 amide bonds. The highest BCUT2D eigenvalue weighted by molar-refractivity contribution is 5.82. The van der Waals surface area contributed by atoms with E-state index >= 15 is 0 Å². The van der Waals surface area contributed by atoms with Crippen LogP contribution in [0.1, 0.15) is 52.7 Å². The zero-order valence-corrected chi connectivity index (χ0v) is 16.4. The van der Waals surface area contributed by atoms with Crippen LogP contribution in [0.2, 0.25) is 0 Å². The molecular weight excluding hydrogens is 334 g/mol. The van der Waals surface area contributed by atoms with E-state index in [1.807, 2.05) is 11.5 Å². The fraction of sp³-hybridized carbons (Fsp3) is 0.722. The predicted molar refractivity (Wildman–Crippen MR) is 101 cm³/mol. The highest BCUT2D eigenvalue weighted by Gasteiger charge is 2.27. The minimum Gasteiger partial charge on any atom is -0.368 e. The largest absolute Gasteiger partial charge is 0.368 e. The van der Waals surface area contributed by atoms with E-state index in [0.717, 1.165) is 49.2 Å². The first kappa shape index (κ1) is 20.5.